The van der Waals surface area contributed by atoms with Crippen molar-refractivity contribution < 1.29 is 14.3 Å². The molecule has 0 unspecified atom stereocenters. The topological polar surface area (TPSA) is 58.6 Å². The number of hydrogen-bond acceptors (Lipinski definition) is 4. The molecule has 0 aliphatic carbocycles. The number of amides is 2. The lowest BCUT2D eigenvalue weighted by Crippen LogP contribution is -2.33. The number of carbonyl (C=O) groups excluding carboxylic acids is 2. The predicted molar refractivity (Wildman–Crippen MR) is 128 cm³/mol. The van der Waals surface area contributed by atoms with E-state index in [1.165, 1.54) is 4.90 Å². The summed E-state index contributed by atoms with van der Waals surface area (Å²) in [5, 5.41) is 3.20. The van der Waals surface area contributed by atoms with Crippen LogP contribution < -0.4 is 15.0 Å². The van der Waals surface area contributed by atoms with E-state index in [-0.39, 0.29) is 17.5 Å². The molecule has 1 N–H and O–H groups in total. The SMILES string of the molecule is COc1cccc(NC2=C(c3ccc(C)c(C)c3)C(=O)N(c3cccc(C)c3C)C2=O)c1. The van der Waals surface area contributed by atoms with Crippen molar-refractivity contribution in [2.75, 3.05) is 17.3 Å². The van der Waals surface area contributed by atoms with Crippen LogP contribution in [0.3, 0.4) is 0 Å². The largest absolute Gasteiger partial charge is 0.497 e. The second-order valence-corrected chi connectivity index (χ2v) is 8.07. The van der Waals surface area contributed by atoms with E-state index in [1.807, 2.05) is 82.3 Å². The molecule has 162 valence electrons. The molecule has 5 heteroatoms. The lowest BCUT2D eigenvalue weighted by atomic mass is 9.99. The van der Waals surface area contributed by atoms with Gasteiger partial charge in [0.05, 0.1) is 18.4 Å². The summed E-state index contributed by atoms with van der Waals surface area (Å²) in [5.74, 6) is -0.0522. The summed E-state index contributed by atoms with van der Waals surface area (Å²) in [4.78, 5) is 28.6. The van der Waals surface area contributed by atoms with Crippen molar-refractivity contribution >= 4 is 28.8 Å². The molecule has 1 aliphatic heterocycles. The van der Waals surface area contributed by atoms with Crippen molar-refractivity contribution in [3.05, 3.63) is 94.2 Å². The third-order valence-electron chi connectivity index (χ3n) is 6.04. The van der Waals surface area contributed by atoms with Crippen molar-refractivity contribution in [3.63, 3.8) is 0 Å². The Balaban J connectivity index is 1.87. The lowest BCUT2D eigenvalue weighted by Gasteiger charge is -2.19. The first-order valence-electron chi connectivity index (χ1n) is 10.5. The molecule has 1 aliphatic rings. The molecular formula is C27H26N2O3. The predicted octanol–water partition coefficient (Wildman–Crippen LogP) is 5.33. The molecule has 32 heavy (non-hydrogen) atoms. The van der Waals surface area contributed by atoms with Crippen LogP contribution in [-0.2, 0) is 9.59 Å². The Morgan fingerprint density at radius 3 is 2.25 bits per heavy atom. The van der Waals surface area contributed by atoms with Crippen LogP contribution in [0.1, 0.15) is 27.8 Å². The summed E-state index contributed by atoms with van der Waals surface area (Å²) in [6.07, 6.45) is 0. The minimum absolute atomic E-state index is 0.257. The van der Waals surface area contributed by atoms with Crippen molar-refractivity contribution in [2.24, 2.45) is 0 Å². The number of methoxy groups -OCH3 is 1. The molecule has 3 aromatic rings. The van der Waals surface area contributed by atoms with Crippen molar-refractivity contribution in [1.29, 1.82) is 0 Å². The zero-order valence-electron chi connectivity index (χ0n) is 18.9. The van der Waals surface area contributed by atoms with E-state index in [4.69, 9.17) is 4.74 Å². The zero-order valence-corrected chi connectivity index (χ0v) is 18.9. The first-order valence-corrected chi connectivity index (χ1v) is 10.5. The summed E-state index contributed by atoms with van der Waals surface area (Å²) in [5.41, 5.74) is 6.70. The van der Waals surface area contributed by atoms with E-state index < -0.39 is 0 Å². The van der Waals surface area contributed by atoms with Gasteiger partial charge in [-0.2, -0.15) is 0 Å². The van der Waals surface area contributed by atoms with Crippen molar-refractivity contribution in [1.82, 2.24) is 0 Å². The van der Waals surface area contributed by atoms with Gasteiger partial charge in [-0.3, -0.25) is 9.59 Å². The highest BCUT2D eigenvalue weighted by Gasteiger charge is 2.41. The Morgan fingerprint density at radius 2 is 1.53 bits per heavy atom. The number of anilines is 2. The molecule has 1 heterocycles. The van der Waals surface area contributed by atoms with E-state index in [0.29, 0.717) is 28.3 Å². The molecule has 0 atom stereocenters. The van der Waals surface area contributed by atoms with Crippen LogP contribution in [0.5, 0.6) is 5.75 Å². The Labute approximate surface area is 188 Å². The normalized spacial score (nSPS) is 13.7. The van der Waals surface area contributed by atoms with Crippen LogP contribution in [0.25, 0.3) is 5.57 Å². The number of nitrogens with one attached hydrogen (secondary N) is 1. The fourth-order valence-electron chi connectivity index (χ4n) is 3.85. The highest BCUT2D eigenvalue weighted by molar-refractivity contribution is 6.46. The molecular weight excluding hydrogens is 400 g/mol. The van der Waals surface area contributed by atoms with Gasteiger partial charge in [-0.05, 0) is 73.7 Å². The molecule has 0 saturated carbocycles. The van der Waals surface area contributed by atoms with Gasteiger partial charge in [-0.1, -0.05) is 36.4 Å². The number of benzene rings is 3. The third kappa shape index (κ3) is 3.66. The fraction of sp³-hybridized carbons (Fsp3) is 0.185. The molecule has 0 radical (unpaired) electrons. The number of hydrogen-bond donors (Lipinski definition) is 1. The molecule has 3 aromatic carbocycles. The Hall–Kier alpha value is -3.86. The van der Waals surface area contributed by atoms with Gasteiger partial charge in [-0.15, -0.1) is 0 Å². The maximum Gasteiger partial charge on any atom is 0.282 e. The molecule has 0 spiro atoms. The van der Waals surface area contributed by atoms with Gasteiger partial charge < -0.3 is 10.1 Å². The van der Waals surface area contributed by atoms with Gasteiger partial charge in [0.1, 0.15) is 11.4 Å². The standard InChI is InChI=1S/C27H26N2O3/c1-16-12-13-20(14-18(16)3)24-25(28-21-9-7-10-22(15-21)32-5)27(31)29(26(24)30)23-11-6-8-17(2)19(23)4/h6-15,28H,1-5H3. The van der Waals surface area contributed by atoms with Gasteiger partial charge >= 0.3 is 0 Å². The van der Waals surface area contributed by atoms with E-state index in [9.17, 15) is 9.59 Å². The van der Waals surface area contributed by atoms with Crippen LogP contribution in [0.15, 0.2) is 66.4 Å². The maximum absolute atomic E-state index is 13.7. The van der Waals surface area contributed by atoms with E-state index in [1.54, 1.807) is 13.2 Å². The van der Waals surface area contributed by atoms with Crippen molar-refractivity contribution in [2.45, 2.75) is 27.7 Å². The fourth-order valence-corrected chi connectivity index (χ4v) is 3.85. The average molecular weight is 427 g/mol. The maximum atomic E-state index is 13.7. The molecule has 5 nitrogen and oxygen atoms in total. The number of ether oxygens (including phenoxy) is 1. The van der Waals surface area contributed by atoms with E-state index in [0.717, 1.165) is 22.3 Å². The quantitative estimate of drug-likeness (QED) is 0.561. The monoisotopic (exact) mass is 426 g/mol. The van der Waals surface area contributed by atoms with Gasteiger partial charge in [0.15, 0.2) is 0 Å². The molecule has 0 fully saturated rings. The number of nitrogens with zero attached hydrogens (tertiary/aromatic N) is 1. The second kappa shape index (κ2) is 8.35. The molecule has 0 saturated heterocycles. The van der Waals surface area contributed by atoms with Crippen molar-refractivity contribution in [3.8, 4) is 5.75 Å². The van der Waals surface area contributed by atoms with Gasteiger partial charge in [0, 0.05) is 11.8 Å². The highest BCUT2D eigenvalue weighted by atomic mass is 16.5. The molecule has 0 aromatic heterocycles. The summed E-state index contributed by atoms with van der Waals surface area (Å²) < 4.78 is 5.31. The third-order valence-corrected chi connectivity index (χ3v) is 6.04. The summed E-state index contributed by atoms with van der Waals surface area (Å²) in [6, 6.07) is 18.8. The first kappa shape index (κ1) is 21.4. The van der Waals surface area contributed by atoms with Crippen LogP contribution in [0.4, 0.5) is 11.4 Å². The van der Waals surface area contributed by atoms with E-state index >= 15 is 0 Å². The second-order valence-electron chi connectivity index (χ2n) is 8.07. The molecule has 2 amide bonds. The Bertz CT molecular complexity index is 1270. The lowest BCUT2D eigenvalue weighted by molar-refractivity contribution is -0.120. The van der Waals surface area contributed by atoms with Crippen LogP contribution in [0, 0.1) is 27.7 Å². The minimum atomic E-state index is -0.375. The number of rotatable bonds is 5. The smallest absolute Gasteiger partial charge is 0.282 e. The summed E-state index contributed by atoms with van der Waals surface area (Å²) in [7, 11) is 1.59. The first-order chi connectivity index (χ1) is 15.3. The highest BCUT2D eigenvalue weighted by Crippen LogP contribution is 2.36. The summed E-state index contributed by atoms with van der Waals surface area (Å²) >= 11 is 0. The summed E-state index contributed by atoms with van der Waals surface area (Å²) in [6.45, 7) is 7.91. The molecule has 0 bridgehead atoms. The zero-order chi connectivity index (χ0) is 23.0. The van der Waals surface area contributed by atoms with Gasteiger partial charge in [0.25, 0.3) is 11.8 Å². The average Bonchev–Trinajstić information content (AvgIpc) is 3.02. The Morgan fingerprint density at radius 1 is 0.781 bits per heavy atom. The van der Waals surface area contributed by atoms with Gasteiger partial charge in [-0.25, -0.2) is 4.90 Å². The Kier molecular flexibility index (Phi) is 5.57. The number of imide groups is 1. The number of carbonyl (C=O) groups is 2. The number of aryl methyl sites for hydroxylation is 3. The minimum Gasteiger partial charge on any atom is -0.497 e. The van der Waals surface area contributed by atoms with Crippen LogP contribution in [-0.4, -0.2) is 18.9 Å². The van der Waals surface area contributed by atoms with Crippen LogP contribution in [0.2, 0.25) is 0 Å². The van der Waals surface area contributed by atoms with Gasteiger partial charge in [0.2, 0.25) is 0 Å². The van der Waals surface area contributed by atoms with E-state index in [2.05, 4.69) is 5.32 Å². The van der Waals surface area contributed by atoms with Crippen LogP contribution >= 0.6 is 0 Å². The molecule has 4 rings (SSSR count).